The van der Waals surface area contributed by atoms with Crippen LogP contribution in [0.4, 0.5) is 0 Å². The Morgan fingerprint density at radius 1 is 1.15 bits per heavy atom. The highest BCUT2D eigenvalue weighted by molar-refractivity contribution is 7.89. The first kappa shape index (κ1) is 23.9. The average Bonchev–Trinajstić information content (AvgIpc) is 3.33. The molecule has 2 heterocycles. The number of nitrogens with one attached hydrogen (secondary N) is 1. The van der Waals surface area contributed by atoms with E-state index in [1.54, 1.807) is 17.4 Å². The fourth-order valence-electron chi connectivity index (χ4n) is 3.97. The third-order valence-electron chi connectivity index (χ3n) is 5.86. The number of carbonyl (C=O) groups is 1. The third kappa shape index (κ3) is 5.15. The van der Waals surface area contributed by atoms with E-state index in [2.05, 4.69) is 5.32 Å². The lowest BCUT2D eigenvalue weighted by Crippen LogP contribution is -2.36. The fourth-order valence-corrected chi connectivity index (χ4v) is 6.81. The molecule has 0 spiro atoms. The summed E-state index contributed by atoms with van der Waals surface area (Å²) in [7, 11) is 0.0604. The van der Waals surface area contributed by atoms with Crippen LogP contribution in [-0.2, 0) is 23.0 Å². The molecule has 33 heavy (non-hydrogen) atoms. The van der Waals surface area contributed by atoms with Gasteiger partial charge >= 0.3 is 0 Å². The lowest BCUT2D eigenvalue weighted by atomic mass is 10.0. The maximum absolute atomic E-state index is 13.4. The molecule has 0 saturated heterocycles. The molecular weight excluding hydrogens is 478 g/mol. The molecule has 174 valence electrons. The highest BCUT2D eigenvalue weighted by Crippen LogP contribution is 2.30. The maximum Gasteiger partial charge on any atom is 0.251 e. The number of amides is 1. The number of hydrogen-bond donors (Lipinski definition) is 1. The van der Waals surface area contributed by atoms with Crippen LogP contribution < -0.4 is 5.32 Å². The highest BCUT2D eigenvalue weighted by Gasteiger charge is 2.30. The van der Waals surface area contributed by atoms with Crippen LogP contribution in [0.2, 0.25) is 5.02 Å². The van der Waals surface area contributed by atoms with Crippen LogP contribution in [0.15, 0.2) is 64.9 Å². The minimum Gasteiger partial charge on any atom is -0.350 e. The molecule has 6 nitrogen and oxygen atoms in total. The van der Waals surface area contributed by atoms with Gasteiger partial charge in [-0.1, -0.05) is 41.9 Å². The summed E-state index contributed by atoms with van der Waals surface area (Å²) in [6.45, 7) is 1.06. The van der Waals surface area contributed by atoms with Crippen molar-refractivity contribution in [2.24, 2.45) is 0 Å². The van der Waals surface area contributed by atoms with Crippen molar-refractivity contribution < 1.29 is 13.2 Å². The molecule has 0 radical (unpaired) electrons. The number of hydrogen-bond acceptors (Lipinski definition) is 5. The summed E-state index contributed by atoms with van der Waals surface area (Å²) in [5, 5.41) is 5.04. The predicted octanol–water partition coefficient (Wildman–Crippen LogP) is 4.18. The smallest absolute Gasteiger partial charge is 0.251 e. The molecule has 0 fully saturated rings. The predicted molar refractivity (Wildman–Crippen MR) is 132 cm³/mol. The summed E-state index contributed by atoms with van der Waals surface area (Å²) in [6, 6.07) is 16.3. The molecule has 0 saturated carbocycles. The number of nitrogens with zero attached hydrogens (tertiary/aromatic N) is 2. The van der Waals surface area contributed by atoms with Crippen molar-refractivity contribution >= 4 is 38.9 Å². The average molecular weight is 504 g/mol. The Morgan fingerprint density at radius 3 is 2.61 bits per heavy atom. The van der Waals surface area contributed by atoms with Crippen molar-refractivity contribution in [2.75, 3.05) is 27.2 Å². The summed E-state index contributed by atoms with van der Waals surface area (Å²) in [4.78, 5) is 16.0. The SMILES string of the molecule is CN(C)[C@H](CNC(=O)c1ccc(Cl)c(S(=O)(=O)N2CCc3ccccc3C2)c1)c1cccs1. The summed E-state index contributed by atoms with van der Waals surface area (Å²) < 4.78 is 28.2. The fraction of sp³-hybridized carbons (Fsp3) is 0.292. The Labute approximate surface area is 203 Å². The van der Waals surface area contributed by atoms with Crippen LogP contribution in [-0.4, -0.2) is 50.7 Å². The number of thiophene rings is 1. The van der Waals surface area contributed by atoms with E-state index >= 15 is 0 Å². The van der Waals surface area contributed by atoms with Crippen molar-refractivity contribution in [1.29, 1.82) is 0 Å². The van der Waals surface area contributed by atoms with E-state index in [4.69, 9.17) is 11.6 Å². The monoisotopic (exact) mass is 503 g/mol. The second kappa shape index (κ2) is 9.95. The Kier molecular flexibility index (Phi) is 7.21. The lowest BCUT2D eigenvalue weighted by Gasteiger charge is -2.28. The first-order chi connectivity index (χ1) is 15.8. The first-order valence-corrected chi connectivity index (χ1v) is 13.3. The van der Waals surface area contributed by atoms with Gasteiger partial charge in [-0.25, -0.2) is 8.42 Å². The normalized spacial score (nSPS) is 15.3. The van der Waals surface area contributed by atoms with Gasteiger partial charge in [-0.15, -0.1) is 11.3 Å². The zero-order valence-corrected chi connectivity index (χ0v) is 20.9. The van der Waals surface area contributed by atoms with E-state index in [1.165, 1.54) is 16.4 Å². The van der Waals surface area contributed by atoms with Crippen LogP contribution in [0.3, 0.4) is 0 Å². The van der Waals surface area contributed by atoms with Crippen molar-refractivity contribution in [3.05, 3.63) is 86.6 Å². The Morgan fingerprint density at radius 2 is 1.91 bits per heavy atom. The molecule has 1 aliphatic heterocycles. The van der Waals surface area contributed by atoms with Crippen LogP contribution in [0, 0.1) is 0 Å². The number of carbonyl (C=O) groups excluding carboxylic acids is 1. The molecule has 0 unspecified atom stereocenters. The topological polar surface area (TPSA) is 69.7 Å². The van der Waals surface area contributed by atoms with Crippen molar-refractivity contribution in [3.8, 4) is 0 Å². The molecular formula is C24H26ClN3O3S2. The van der Waals surface area contributed by atoms with E-state index in [0.717, 1.165) is 16.0 Å². The van der Waals surface area contributed by atoms with Gasteiger partial charge in [0.15, 0.2) is 0 Å². The molecule has 4 rings (SSSR count). The molecule has 2 aromatic carbocycles. The number of halogens is 1. The van der Waals surface area contributed by atoms with Crippen molar-refractivity contribution in [1.82, 2.24) is 14.5 Å². The molecule has 1 aromatic heterocycles. The molecule has 1 atom stereocenters. The van der Waals surface area contributed by atoms with Crippen LogP contribution in [0.5, 0.6) is 0 Å². The van der Waals surface area contributed by atoms with Gasteiger partial charge in [0.25, 0.3) is 5.91 Å². The number of likely N-dealkylation sites (N-methyl/N-ethyl adjacent to an activating group) is 1. The minimum atomic E-state index is -3.86. The summed E-state index contributed by atoms with van der Waals surface area (Å²) >= 11 is 7.93. The zero-order valence-electron chi connectivity index (χ0n) is 18.5. The summed E-state index contributed by atoms with van der Waals surface area (Å²) in [6.07, 6.45) is 0.641. The van der Waals surface area contributed by atoms with Gasteiger partial charge < -0.3 is 10.2 Å². The summed E-state index contributed by atoms with van der Waals surface area (Å²) in [5.41, 5.74) is 2.41. The van der Waals surface area contributed by atoms with E-state index in [-0.39, 0.29) is 34.0 Å². The second-order valence-corrected chi connectivity index (χ2v) is 11.5. The van der Waals surface area contributed by atoms with Crippen LogP contribution in [0.1, 0.15) is 32.4 Å². The van der Waals surface area contributed by atoms with Gasteiger partial charge in [0.05, 0.1) is 11.1 Å². The minimum absolute atomic E-state index is 0.0258. The second-order valence-electron chi connectivity index (χ2n) is 8.21. The van der Waals surface area contributed by atoms with Gasteiger partial charge in [-0.3, -0.25) is 4.79 Å². The molecule has 9 heteroatoms. The summed E-state index contributed by atoms with van der Waals surface area (Å²) in [5.74, 6) is -0.337. The largest absolute Gasteiger partial charge is 0.350 e. The Bertz CT molecular complexity index is 1240. The lowest BCUT2D eigenvalue weighted by molar-refractivity contribution is 0.0942. The zero-order chi connectivity index (χ0) is 23.6. The van der Waals surface area contributed by atoms with E-state index in [1.807, 2.05) is 60.8 Å². The molecule has 3 aromatic rings. The molecule has 1 amide bonds. The van der Waals surface area contributed by atoms with Crippen molar-refractivity contribution in [3.63, 3.8) is 0 Å². The standard InChI is InChI=1S/C24H26ClN3O3S2/c1-27(2)21(22-8-5-13-32-22)15-26-24(29)18-9-10-20(25)23(14-18)33(30,31)28-12-11-17-6-3-4-7-19(17)16-28/h3-10,13-14,21H,11-12,15-16H2,1-2H3,(H,26,29)/t21-/m1/s1. The van der Waals surface area contributed by atoms with E-state index < -0.39 is 10.0 Å². The number of fused-ring (bicyclic) bond motifs is 1. The molecule has 0 bridgehead atoms. The number of rotatable bonds is 7. The quantitative estimate of drug-likeness (QED) is 0.525. The van der Waals surface area contributed by atoms with E-state index in [9.17, 15) is 13.2 Å². The van der Waals surface area contributed by atoms with Gasteiger partial charge in [0.2, 0.25) is 10.0 Å². The first-order valence-electron chi connectivity index (χ1n) is 10.6. The molecule has 1 N–H and O–H groups in total. The Hall–Kier alpha value is -2.23. The molecule has 0 aliphatic carbocycles. The van der Waals surface area contributed by atoms with Crippen LogP contribution >= 0.6 is 22.9 Å². The van der Waals surface area contributed by atoms with Crippen LogP contribution in [0.25, 0.3) is 0 Å². The highest BCUT2D eigenvalue weighted by atomic mass is 35.5. The number of sulfonamides is 1. The van der Waals surface area contributed by atoms with Gasteiger partial charge in [0, 0.05) is 30.1 Å². The molecule has 1 aliphatic rings. The Balaban J connectivity index is 1.53. The third-order valence-corrected chi connectivity index (χ3v) is 9.16. The van der Waals surface area contributed by atoms with Crippen molar-refractivity contribution in [2.45, 2.75) is 23.9 Å². The van der Waals surface area contributed by atoms with Gasteiger partial charge in [0.1, 0.15) is 4.90 Å². The maximum atomic E-state index is 13.4. The van der Waals surface area contributed by atoms with Gasteiger partial charge in [-0.2, -0.15) is 4.31 Å². The van der Waals surface area contributed by atoms with Gasteiger partial charge in [-0.05, 0) is 61.3 Å². The van der Waals surface area contributed by atoms with E-state index in [0.29, 0.717) is 19.5 Å². The number of benzene rings is 2.